The molecule has 2 rings (SSSR count). The van der Waals surface area contributed by atoms with E-state index < -0.39 is 8.07 Å². The molecule has 0 radical (unpaired) electrons. The minimum Gasteiger partial charge on any atom is -0.103 e. The molecule has 80 valence electrons. The molecule has 0 bridgehead atoms. The lowest BCUT2D eigenvalue weighted by molar-refractivity contribution is 0.890. The monoisotopic (exact) mass is 216 g/mol. The Balaban J connectivity index is 2.40. The van der Waals surface area contributed by atoms with Crippen LogP contribution in [0.5, 0.6) is 0 Å². The zero-order valence-electron chi connectivity index (χ0n) is 9.96. The van der Waals surface area contributed by atoms with Crippen LogP contribution in [0.3, 0.4) is 0 Å². The predicted molar refractivity (Wildman–Crippen MR) is 70.2 cm³/mol. The molecule has 0 aliphatic heterocycles. The third kappa shape index (κ3) is 1.41. The van der Waals surface area contributed by atoms with Crippen LogP contribution in [0.1, 0.15) is 13.3 Å². The molecule has 0 nitrogen and oxygen atoms in total. The van der Waals surface area contributed by atoms with Gasteiger partial charge >= 0.3 is 0 Å². The van der Waals surface area contributed by atoms with E-state index in [0.29, 0.717) is 5.04 Å². The lowest BCUT2D eigenvalue weighted by Crippen LogP contribution is -2.47. The molecular formula is C14H20Si. The standard InChI is InChI=1S/C14H20Si/c1-5-14(11-12(14)2)15(3,4)13-9-7-6-8-10-13/h5-10,12H,1,11H2,2-4H3. The van der Waals surface area contributed by atoms with E-state index in [2.05, 4.69) is 63.0 Å². The fourth-order valence-corrected chi connectivity index (χ4v) is 7.10. The minimum absolute atomic E-state index is 0.453. The van der Waals surface area contributed by atoms with Gasteiger partial charge in [-0.2, -0.15) is 0 Å². The topological polar surface area (TPSA) is 0 Å². The first kappa shape index (κ1) is 10.7. The predicted octanol–water partition coefficient (Wildman–Crippen LogP) is 3.57. The Labute approximate surface area is 94.0 Å². The Hall–Kier alpha value is -0.823. The highest BCUT2D eigenvalue weighted by atomic mass is 28.3. The van der Waals surface area contributed by atoms with Crippen molar-refractivity contribution in [1.29, 1.82) is 0 Å². The van der Waals surface area contributed by atoms with E-state index in [-0.39, 0.29) is 0 Å². The molecule has 1 aliphatic rings. The van der Waals surface area contributed by atoms with Gasteiger partial charge in [-0.3, -0.25) is 0 Å². The molecule has 1 aromatic rings. The van der Waals surface area contributed by atoms with Crippen molar-refractivity contribution >= 4 is 13.3 Å². The molecule has 15 heavy (non-hydrogen) atoms. The highest BCUT2D eigenvalue weighted by Gasteiger charge is 2.59. The van der Waals surface area contributed by atoms with Gasteiger partial charge in [0, 0.05) is 0 Å². The molecule has 1 heteroatoms. The zero-order valence-corrected chi connectivity index (χ0v) is 11.0. The second-order valence-corrected chi connectivity index (χ2v) is 10.1. The van der Waals surface area contributed by atoms with Crippen molar-refractivity contribution in [3.05, 3.63) is 43.0 Å². The molecule has 1 saturated carbocycles. The molecule has 1 fully saturated rings. The summed E-state index contributed by atoms with van der Waals surface area (Å²) >= 11 is 0. The number of benzene rings is 1. The third-order valence-electron chi connectivity index (χ3n) is 4.39. The van der Waals surface area contributed by atoms with Crippen LogP contribution in [0, 0.1) is 5.92 Å². The number of hydrogen-bond donors (Lipinski definition) is 0. The van der Waals surface area contributed by atoms with Crippen LogP contribution in [-0.4, -0.2) is 8.07 Å². The van der Waals surface area contributed by atoms with Gasteiger partial charge in [-0.1, -0.05) is 61.6 Å². The van der Waals surface area contributed by atoms with E-state index in [1.54, 1.807) is 5.19 Å². The molecule has 2 unspecified atom stereocenters. The Kier molecular flexibility index (Phi) is 2.38. The average Bonchev–Trinajstić information content (AvgIpc) is 2.93. The molecule has 0 N–H and O–H groups in total. The lowest BCUT2D eigenvalue weighted by Gasteiger charge is -2.32. The molecule has 2 atom stereocenters. The third-order valence-corrected chi connectivity index (χ3v) is 9.39. The van der Waals surface area contributed by atoms with Gasteiger partial charge < -0.3 is 0 Å². The number of rotatable bonds is 3. The van der Waals surface area contributed by atoms with Crippen LogP contribution in [0.25, 0.3) is 0 Å². The Bertz CT molecular complexity index is 366. The van der Waals surface area contributed by atoms with E-state index >= 15 is 0 Å². The summed E-state index contributed by atoms with van der Waals surface area (Å²) in [5.74, 6) is 0.830. The van der Waals surface area contributed by atoms with Gasteiger partial charge in [-0.15, -0.1) is 6.58 Å². The zero-order chi connectivity index (χ0) is 11.1. The van der Waals surface area contributed by atoms with E-state index in [0.717, 1.165) is 5.92 Å². The maximum absolute atomic E-state index is 4.07. The van der Waals surface area contributed by atoms with Crippen LogP contribution in [0.4, 0.5) is 0 Å². The van der Waals surface area contributed by atoms with Gasteiger partial charge in [0.2, 0.25) is 0 Å². The lowest BCUT2D eigenvalue weighted by atomic mass is 10.3. The molecule has 1 aromatic carbocycles. The molecule has 0 saturated heterocycles. The van der Waals surface area contributed by atoms with Gasteiger partial charge in [0.25, 0.3) is 0 Å². The Morgan fingerprint density at radius 1 is 1.33 bits per heavy atom. The van der Waals surface area contributed by atoms with Crippen molar-refractivity contribution in [2.24, 2.45) is 5.92 Å². The summed E-state index contributed by atoms with van der Waals surface area (Å²) in [5, 5.41) is 2.02. The van der Waals surface area contributed by atoms with Crippen LogP contribution in [-0.2, 0) is 0 Å². The normalized spacial score (nSPS) is 29.9. The van der Waals surface area contributed by atoms with Gasteiger partial charge in [0.15, 0.2) is 0 Å². The second-order valence-electron chi connectivity index (χ2n) is 5.34. The Morgan fingerprint density at radius 2 is 1.87 bits per heavy atom. The molecule has 1 aliphatic carbocycles. The van der Waals surface area contributed by atoms with Crippen molar-refractivity contribution in [3.8, 4) is 0 Å². The first-order valence-electron chi connectivity index (χ1n) is 5.74. The van der Waals surface area contributed by atoms with Crippen molar-refractivity contribution in [1.82, 2.24) is 0 Å². The summed E-state index contributed by atoms with van der Waals surface area (Å²) in [6.45, 7) is 11.4. The summed E-state index contributed by atoms with van der Waals surface area (Å²) in [4.78, 5) is 0. The van der Waals surface area contributed by atoms with Crippen molar-refractivity contribution < 1.29 is 0 Å². The van der Waals surface area contributed by atoms with E-state index in [9.17, 15) is 0 Å². The van der Waals surface area contributed by atoms with Crippen LogP contribution < -0.4 is 5.19 Å². The van der Waals surface area contributed by atoms with E-state index in [4.69, 9.17) is 0 Å². The summed E-state index contributed by atoms with van der Waals surface area (Å²) in [6.07, 6.45) is 3.57. The largest absolute Gasteiger partial charge is 0.103 e. The summed E-state index contributed by atoms with van der Waals surface area (Å²) in [7, 11) is -1.38. The Morgan fingerprint density at radius 3 is 2.27 bits per heavy atom. The maximum atomic E-state index is 4.07. The first-order valence-corrected chi connectivity index (χ1v) is 8.74. The number of allylic oxidation sites excluding steroid dienone is 1. The summed E-state index contributed by atoms with van der Waals surface area (Å²) in [6, 6.07) is 11.0. The average molecular weight is 216 g/mol. The van der Waals surface area contributed by atoms with Gasteiger partial charge in [-0.05, 0) is 17.4 Å². The van der Waals surface area contributed by atoms with Crippen molar-refractivity contribution in [3.63, 3.8) is 0 Å². The SMILES string of the molecule is C=CC1([Si](C)(C)c2ccccc2)CC1C. The highest BCUT2D eigenvalue weighted by Crippen LogP contribution is 2.66. The number of hydrogen-bond acceptors (Lipinski definition) is 0. The summed E-state index contributed by atoms with van der Waals surface area (Å²) < 4.78 is 0. The fraction of sp³-hybridized carbons (Fsp3) is 0.429. The summed E-state index contributed by atoms with van der Waals surface area (Å²) in [5.41, 5.74) is 0. The van der Waals surface area contributed by atoms with Crippen LogP contribution in [0.15, 0.2) is 43.0 Å². The second kappa shape index (κ2) is 3.34. The van der Waals surface area contributed by atoms with Gasteiger partial charge in [0.1, 0.15) is 0 Å². The molecule has 0 amide bonds. The molecular weight excluding hydrogens is 196 g/mol. The minimum atomic E-state index is -1.38. The smallest absolute Gasteiger partial charge is 0.0906 e. The molecule has 0 aromatic heterocycles. The fourth-order valence-electron chi connectivity index (χ4n) is 2.98. The van der Waals surface area contributed by atoms with Crippen LogP contribution in [0.2, 0.25) is 18.1 Å². The van der Waals surface area contributed by atoms with Gasteiger partial charge in [-0.25, -0.2) is 0 Å². The van der Waals surface area contributed by atoms with Gasteiger partial charge in [0.05, 0.1) is 8.07 Å². The first-order chi connectivity index (χ1) is 7.04. The quantitative estimate of drug-likeness (QED) is 0.535. The van der Waals surface area contributed by atoms with Crippen molar-refractivity contribution in [2.75, 3.05) is 0 Å². The van der Waals surface area contributed by atoms with E-state index in [1.807, 2.05) is 0 Å². The maximum Gasteiger partial charge on any atom is 0.0906 e. The molecule has 0 heterocycles. The highest BCUT2D eigenvalue weighted by molar-refractivity contribution is 6.93. The van der Waals surface area contributed by atoms with Crippen molar-refractivity contribution in [2.45, 2.75) is 31.5 Å². The van der Waals surface area contributed by atoms with E-state index in [1.165, 1.54) is 6.42 Å². The molecule has 0 spiro atoms. The van der Waals surface area contributed by atoms with Crippen LogP contribution >= 0.6 is 0 Å².